The largest absolute Gasteiger partial charge is 0.495 e. The summed E-state index contributed by atoms with van der Waals surface area (Å²) < 4.78 is 10.7. The summed E-state index contributed by atoms with van der Waals surface area (Å²) in [6, 6.07) is 7.20. The molecule has 1 N–H and O–H groups in total. The van der Waals surface area contributed by atoms with Crippen molar-refractivity contribution in [3.63, 3.8) is 0 Å². The second-order valence-electron chi connectivity index (χ2n) is 8.92. The summed E-state index contributed by atoms with van der Waals surface area (Å²) in [5.41, 5.74) is 0.707. The maximum absolute atomic E-state index is 12.6. The molecule has 1 atom stereocenters. The Balaban J connectivity index is 1.33. The van der Waals surface area contributed by atoms with E-state index in [0.717, 1.165) is 37.0 Å². The molecule has 1 amide bonds. The van der Waals surface area contributed by atoms with Crippen LogP contribution in [0.4, 0.5) is 5.69 Å². The fraction of sp³-hybridized carbons (Fsp3) is 0.636. The number of carbonyl (C=O) groups excluding carboxylic acids is 2. The minimum atomic E-state index is -0.823. The molecular weight excluding hydrogens is 342 g/mol. The molecule has 0 aliphatic heterocycles. The Labute approximate surface area is 160 Å². The molecule has 27 heavy (non-hydrogen) atoms. The molecule has 0 heterocycles. The van der Waals surface area contributed by atoms with Gasteiger partial charge in [-0.3, -0.25) is 9.59 Å². The maximum Gasteiger partial charge on any atom is 0.307 e. The second kappa shape index (κ2) is 7.17. The summed E-state index contributed by atoms with van der Waals surface area (Å²) >= 11 is 0. The third kappa shape index (κ3) is 3.83. The summed E-state index contributed by atoms with van der Waals surface area (Å²) in [6.07, 6.45) is 7.19. The molecule has 5 heteroatoms. The first-order chi connectivity index (χ1) is 13.0. The molecule has 0 saturated heterocycles. The van der Waals surface area contributed by atoms with Gasteiger partial charge in [0.15, 0.2) is 6.10 Å². The highest BCUT2D eigenvalue weighted by atomic mass is 16.5. The van der Waals surface area contributed by atoms with Crippen LogP contribution in [0.2, 0.25) is 0 Å². The van der Waals surface area contributed by atoms with Gasteiger partial charge >= 0.3 is 5.97 Å². The Morgan fingerprint density at radius 3 is 2.30 bits per heavy atom. The van der Waals surface area contributed by atoms with Gasteiger partial charge in [-0.25, -0.2) is 0 Å². The van der Waals surface area contributed by atoms with E-state index in [9.17, 15) is 9.59 Å². The Kier molecular flexibility index (Phi) is 4.87. The summed E-state index contributed by atoms with van der Waals surface area (Å²) in [4.78, 5) is 25.0. The van der Waals surface area contributed by atoms with Crippen molar-refractivity contribution in [1.29, 1.82) is 0 Å². The quantitative estimate of drug-likeness (QED) is 0.762. The standard InChI is InChI=1S/C22H29NO4/c1-14(21(25)23-18-5-3-4-6-19(18)26-2)27-20(24)13-22-10-15-7-16(11-22)9-17(8-15)12-22/h3-6,14-17H,7-13H2,1-2H3,(H,23,25)/t14-,15?,16?,17?,22?/m0/s1. The third-order valence-electron chi connectivity index (χ3n) is 6.73. The number of para-hydroxylation sites is 2. The van der Waals surface area contributed by atoms with Gasteiger partial charge in [0.1, 0.15) is 5.75 Å². The minimum Gasteiger partial charge on any atom is -0.495 e. The van der Waals surface area contributed by atoms with Crippen molar-refractivity contribution < 1.29 is 19.1 Å². The lowest BCUT2D eigenvalue weighted by molar-refractivity contribution is -0.160. The topological polar surface area (TPSA) is 64.6 Å². The molecule has 4 fully saturated rings. The van der Waals surface area contributed by atoms with Crippen molar-refractivity contribution in [3.8, 4) is 5.75 Å². The van der Waals surface area contributed by atoms with Crippen LogP contribution < -0.4 is 10.1 Å². The molecule has 146 valence electrons. The van der Waals surface area contributed by atoms with Crippen LogP contribution >= 0.6 is 0 Å². The molecule has 0 unspecified atom stereocenters. The summed E-state index contributed by atoms with van der Waals surface area (Å²) in [5.74, 6) is 2.41. The monoisotopic (exact) mass is 371 g/mol. The molecule has 5 rings (SSSR count). The van der Waals surface area contributed by atoms with Gasteiger partial charge in [0.2, 0.25) is 0 Å². The number of esters is 1. The number of rotatable bonds is 6. The van der Waals surface area contributed by atoms with Crippen molar-refractivity contribution in [2.45, 2.75) is 58.0 Å². The van der Waals surface area contributed by atoms with Crippen LogP contribution in [-0.2, 0) is 14.3 Å². The van der Waals surface area contributed by atoms with Gasteiger partial charge in [-0.2, -0.15) is 0 Å². The van der Waals surface area contributed by atoms with Gasteiger partial charge in [-0.1, -0.05) is 12.1 Å². The van der Waals surface area contributed by atoms with Gasteiger partial charge in [-0.05, 0) is 80.8 Å². The molecule has 4 aliphatic carbocycles. The highest BCUT2D eigenvalue weighted by Crippen LogP contribution is 2.61. The number of hydrogen-bond acceptors (Lipinski definition) is 4. The molecule has 5 nitrogen and oxygen atoms in total. The number of hydrogen-bond donors (Lipinski definition) is 1. The van der Waals surface area contributed by atoms with E-state index in [1.54, 1.807) is 26.2 Å². The van der Waals surface area contributed by atoms with Crippen molar-refractivity contribution in [1.82, 2.24) is 0 Å². The number of amides is 1. The average Bonchev–Trinajstić information content (AvgIpc) is 2.60. The normalized spacial score (nSPS) is 32.0. The number of anilines is 1. The van der Waals surface area contributed by atoms with Crippen LogP contribution in [0, 0.1) is 23.2 Å². The average molecular weight is 371 g/mol. The van der Waals surface area contributed by atoms with Crippen molar-refractivity contribution in [3.05, 3.63) is 24.3 Å². The summed E-state index contributed by atoms with van der Waals surface area (Å²) in [5, 5.41) is 2.78. The number of nitrogens with one attached hydrogen (secondary N) is 1. The Morgan fingerprint density at radius 2 is 1.70 bits per heavy atom. The van der Waals surface area contributed by atoms with E-state index in [2.05, 4.69) is 5.32 Å². The Morgan fingerprint density at radius 1 is 1.11 bits per heavy atom. The second-order valence-corrected chi connectivity index (χ2v) is 8.92. The molecule has 4 aliphatic rings. The van der Waals surface area contributed by atoms with E-state index in [-0.39, 0.29) is 17.3 Å². The zero-order valence-corrected chi connectivity index (χ0v) is 16.2. The first kappa shape index (κ1) is 18.3. The van der Waals surface area contributed by atoms with E-state index in [1.165, 1.54) is 19.3 Å². The van der Waals surface area contributed by atoms with E-state index < -0.39 is 6.10 Å². The van der Waals surface area contributed by atoms with E-state index >= 15 is 0 Å². The molecule has 0 radical (unpaired) electrons. The SMILES string of the molecule is COc1ccccc1NC(=O)[C@H](C)OC(=O)CC12CC3CC(CC(C3)C1)C2. The zero-order chi connectivity index (χ0) is 19.0. The summed E-state index contributed by atoms with van der Waals surface area (Å²) in [6.45, 7) is 1.63. The number of benzene rings is 1. The lowest BCUT2D eigenvalue weighted by Gasteiger charge is -2.56. The predicted octanol–water partition coefficient (Wildman–Crippen LogP) is 4.17. The molecule has 1 aromatic carbocycles. The van der Waals surface area contributed by atoms with Crippen LogP contribution in [-0.4, -0.2) is 25.1 Å². The van der Waals surface area contributed by atoms with Crippen LogP contribution in [0.3, 0.4) is 0 Å². The molecule has 0 spiro atoms. The minimum absolute atomic E-state index is 0.130. The van der Waals surface area contributed by atoms with Gasteiger partial charge in [0, 0.05) is 0 Å². The van der Waals surface area contributed by atoms with Crippen LogP contribution in [0.5, 0.6) is 5.75 Å². The van der Waals surface area contributed by atoms with E-state index in [0.29, 0.717) is 17.9 Å². The third-order valence-corrected chi connectivity index (χ3v) is 6.73. The number of ether oxygens (including phenoxy) is 2. The van der Waals surface area contributed by atoms with Gasteiger partial charge in [-0.15, -0.1) is 0 Å². The Hall–Kier alpha value is -2.04. The van der Waals surface area contributed by atoms with Crippen LogP contribution in [0.1, 0.15) is 51.9 Å². The van der Waals surface area contributed by atoms with Crippen molar-refractivity contribution in [2.75, 3.05) is 12.4 Å². The first-order valence-electron chi connectivity index (χ1n) is 10.1. The lowest BCUT2D eigenvalue weighted by Crippen LogP contribution is -2.47. The molecule has 4 bridgehead atoms. The fourth-order valence-corrected chi connectivity index (χ4v) is 6.09. The highest BCUT2D eigenvalue weighted by Gasteiger charge is 2.51. The van der Waals surface area contributed by atoms with Gasteiger partial charge in [0.05, 0.1) is 19.2 Å². The highest BCUT2D eigenvalue weighted by molar-refractivity contribution is 5.96. The van der Waals surface area contributed by atoms with E-state index in [1.807, 2.05) is 12.1 Å². The Bertz CT molecular complexity index is 693. The lowest BCUT2D eigenvalue weighted by atomic mass is 9.49. The maximum atomic E-state index is 12.6. The number of methoxy groups -OCH3 is 1. The van der Waals surface area contributed by atoms with Crippen molar-refractivity contribution >= 4 is 17.6 Å². The van der Waals surface area contributed by atoms with Crippen LogP contribution in [0.25, 0.3) is 0 Å². The van der Waals surface area contributed by atoms with Crippen molar-refractivity contribution in [2.24, 2.45) is 23.2 Å². The molecule has 1 aromatic rings. The fourth-order valence-electron chi connectivity index (χ4n) is 6.09. The van der Waals surface area contributed by atoms with E-state index in [4.69, 9.17) is 9.47 Å². The van der Waals surface area contributed by atoms with Gasteiger partial charge in [0.25, 0.3) is 5.91 Å². The molecular formula is C22H29NO4. The van der Waals surface area contributed by atoms with Gasteiger partial charge < -0.3 is 14.8 Å². The summed E-state index contributed by atoms with van der Waals surface area (Å²) in [7, 11) is 1.56. The molecule has 4 saturated carbocycles. The van der Waals surface area contributed by atoms with Crippen LogP contribution in [0.15, 0.2) is 24.3 Å². The zero-order valence-electron chi connectivity index (χ0n) is 16.2. The molecule has 0 aromatic heterocycles. The predicted molar refractivity (Wildman–Crippen MR) is 102 cm³/mol. The first-order valence-corrected chi connectivity index (χ1v) is 10.1. The smallest absolute Gasteiger partial charge is 0.307 e. The number of carbonyl (C=O) groups is 2.